The first-order chi connectivity index (χ1) is 7.15. The summed E-state index contributed by atoms with van der Waals surface area (Å²) < 4.78 is 2.59. The summed E-state index contributed by atoms with van der Waals surface area (Å²) in [5.41, 5.74) is 2.21. The molecule has 0 saturated heterocycles. The van der Waals surface area contributed by atoms with Crippen LogP contribution in [0, 0.1) is 6.92 Å². The van der Waals surface area contributed by atoms with E-state index < -0.39 is 0 Å². The predicted octanol–water partition coefficient (Wildman–Crippen LogP) is 1.95. The molecular formula is C8H10BrN5S. The quantitative estimate of drug-likeness (QED) is 0.938. The summed E-state index contributed by atoms with van der Waals surface area (Å²) in [5, 5.41) is 16.1. The third-order valence-corrected chi connectivity index (χ3v) is 3.26. The molecule has 0 aliphatic rings. The van der Waals surface area contributed by atoms with E-state index in [-0.39, 0.29) is 0 Å². The summed E-state index contributed by atoms with van der Waals surface area (Å²) in [5.74, 6) is 0. The highest BCUT2D eigenvalue weighted by molar-refractivity contribution is 9.11. The van der Waals surface area contributed by atoms with Gasteiger partial charge in [-0.25, -0.2) is 0 Å². The number of nitrogens with one attached hydrogen (secondary N) is 1. The second-order valence-electron chi connectivity index (χ2n) is 3.13. The lowest BCUT2D eigenvalue weighted by molar-refractivity contribution is 0.756. The van der Waals surface area contributed by atoms with Gasteiger partial charge >= 0.3 is 0 Å². The molecule has 2 aromatic heterocycles. The van der Waals surface area contributed by atoms with Crippen LogP contribution in [-0.2, 0) is 13.6 Å². The van der Waals surface area contributed by atoms with Gasteiger partial charge in [-0.1, -0.05) is 11.3 Å². The largest absolute Gasteiger partial charge is 0.356 e. The Labute approximate surface area is 99.7 Å². The van der Waals surface area contributed by atoms with Crippen LogP contribution in [0.2, 0.25) is 0 Å². The van der Waals surface area contributed by atoms with Crippen molar-refractivity contribution in [2.45, 2.75) is 13.5 Å². The van der Waals surface area contributed by atoms with Gasteiger partial charge in [0.15, 0.2) is 3.92 Å². The third-order valence-electron chi connectivity index (χ3n) is 1.95. The molecule has 0 aliphatic carbocycles. The molecule has 0 bridgehead atoms. The van der Waals surface area contributed by atoms with Crippen LogP contribution in [0.25, 0.3) is 0 Å². The summed E-state index contributed by atoms with van der Waals surface area (Å²) in [6.45, 7) is 2.72. The van der Waals surface area contributed by atoms with E-state index in [0.717, 1.165) is 21.3 Å². The zero-order valence-corrected chi connectivity index (χ0v) is 10.8. The first-order valence-corrected chi connectivity index (χ1v) is 5.98. The average molecular weight is 288 g/mol. The van der Waals surface area contributed by atoms with Crippen molar-refractivity contribution in [2.75, 3.05) is 5.32 Å². The number of halogens is 1. The smallest absolute Gasteiger partial charge is 0.206 e. The molecular weight excluding hydrogens is 278 g/mol. The van der Waals surface area contributed by atoms with E-state index in [1.807, 2.05) is 24.9 Å². The molecule has 80 valence electrons. The van der Waals surface area contributed by atoms with Gasteiger partial charge in [-0.2, -0.15) is 5.10 Å². The monoisotopic (exact) mass is 287 g/mol. The summed E-state index contributed by atoms with van der Waals surface area (Å²) >= 11 is 4.74. The fourth-order valence-electron chi connectivity index (χ4n) is 1.27. The first kappa shape index (κ1) is 10.6. The molecule has 7 heteroatoms. The van der Waals surface area contributed by atoms with E-state index in [1.165, 1.54) is 16.9 Å². The summed E-state index contributed by atoms with van der Waals surface area (Å²) in [4.78, 5) is 0. The number of nitrogens with zero attached hydrogens (tertiary/aromatic N) is 4. The third kappa shape index (κ3) is 2.54. The Kier molecular flexibility index (Phi) is 3.01. The number of hydrogen-bond acceptors (Lipinski definition) is 5. The van der Waals surface area contributed by atoms with Crippen molar-refractivity contribution in [3.63, 3.8) is 0 Å². The predicted molar refractivity (Wildman–Crippen MR) is 62.9 cm³/mol. The normalized spacial score (nSPS) is 10.6. The van der Waals surface area contributed by atoms with E-state index in [4.69, 9.17) is 0 Å². The summed E-state index contributed by atoms with van der Waals surface area (Å²) in [6.07, 6.45) is 2.00. The molecule has 15 heavy (non-hydrogen) atoms. The SMILES string of the molecule is Cc1nn(C)cc1CNc1nnc(Br)s1. The van der Waals surface area contributed by atoms with Crippen LogP contribution >= 0.6 is 27.3 Å². The number of rotatable bonds is 3. The van der Waals surface area contributed by atoms with Gasteiger partial charge in [0.25, 0.3) is 0 Å². The highest BCUT2D eigenvalue weighted by Crippen LogP contribution is 2.20. The lowest BCUT2D eigenvalue weighted by Gasteiger charge is -1.98. The van der Waals surface area contributed by atoms with Crippen LogP contribution in [0.1, 0.15) is 11.3 Å². The molecule has 0 fully saturated rings. The van der Waals surface area contributed by atoms with Gasteiger partial charge in [-0.3, -0.25) is 4.68 Å². The molecule has 0 spiro atoms. The highest BCUT2D eigenvalue weighted by Gasteiger charge is 2.04. The van der Waals surface area contributed by atoms with Gasteiger partial charge in [0, 0.05) is 25.4 Å². The van der Waals surface area contributed by atoms with Crippen molar-refractivity contribution in [1.29, 1.82) is 0 Å². The molecule has 0 saturated carbocycles. The Morgan fingerprint density at radius 2 is 2.33 bits per heavy atom. The minimum Gasteiger partial charge on any atom is -0.356 e. The Morgan fingerprint density at radius 1 is 1.53 bits per heavy atom. The van der Waals surface area contributed by atoms with Crippen molar-refractivity contribution in [3.05, 3.63) is 21.4 Å². The van der Waals surface area contributed by atoms with E-state index >= 15 is 0 Å². The van der Waals surface area contributed by atoms with Crippen molar-refractivity contribution >= 4 is 32.4 Å². The molecule has 0 aliphatic heterocycles. The van der Waals surface area contributed by atoms with Gasteiger partial charge in [0.05, 0.1) is 5.69 Å². The molecule has 0 radical (unpaired) electrons. The zero-order valence-electron chi connectivity index (χ0n) is 8.36. The van der Waals surface area contributed by atoms with Crippen molar-refractivity contribution in [2.24, 2.45) is 7.05 Å². The lowest BCUT2D eigenvalue weighted by Crippen LogP contribution is -1.99. The van der Waals surface area contributed by atoms with Crippen LogP contribution in [0.5, 0.6) is 0 Å². The number of anilines is 1. The maximum absolute atomic E-state index is 4.26. The van der Waals surface area contributed by atoms with Crippen LogP contribution in [0.4, 0.5) is 5.13 Å². The molecule has 1 N–H and O–H groups in total. The van der Waals surface area contributed by atoms with Gasteiger partial charge < -0.3 is 5.32 Å². The molecule has 0 aromatic carbocycles. The van der Waals surface area contributed by atoms with Gasteiger partial charge in [-0.15, -0.1) is 10.2 Å². The molecule has 2 rings (SSSR count). The van der Waals surface area contributed by atoms with Crippen LogP contribution in [-0.4, -0.2) is 20.0 Å². The van der Waals surface area contributed by atoms with Gasteiger partial charge in [0.1, 0.15) is 0 Å². The second kappa shape index (κ2) is 4.28. The van der Waals surface area contributed by atoms with Crippen molar-refractivity contribution in [1.82, 2.24) is 20.0 Å². The van der Waals surface area contributed by atoms with Crippen LogP contribution in [0.3, 0.4) is 0 Å². The Balaban J connectivity index is 2.01. The highest BCUT2D eigenvalue weighted by atomic mass is 79.9. The second-order valence-corrected chi connectivity index (χ2v) is 5.38. The molecule has 0 amide bonds. The van der Waals surface area contributed by atoms with Gasteiger partial charge in [-0.05, 0) is 22.9 Å². The van der Waals surface area contributed by atoms with Gasteiger partial charge in [0.2, 0.25) is 5.13 Å². The van der Waals surface area contributed by atoms with Crippen molar-refractivity contribution < 1.29 is 0 Å². The minimum absolute atomic E-state index is 0.724. The topological polar surface area (TPSA) is 55.6 Å². The number of aromatic nitrogens is 4. The van der Waals surface area contributed by atoms with E-state index in [9.17, 15) is 0 Å². The molecule has 5 nitrogen and oxygen atoms in total. The maximum Gasteiger partial charge on any atom is 0.206 e. The van der Waals surface area contributed by atoms with Crippen LogP contribution in [0.15, 0.2) is 10.1 Å². The van der Waals surface area contributed by atoms with E-state index in [1.54, 1.807) is 0 Å². The fourth-order valence-corrected chi connectivity index (χ4v) is 2.28. The first-order valence-electron chi connectivity index (χ1n) is 4.37. The average Bonchev–Trinajstić information content (AvgIpc) is 2.70. The standard InChI is InChI=1S/C8H10BrN5S/c1-5-6(4-14(2)13-5)3-10-8-12-11-7(9)15-8/h4H,3H2,1-2H3,(H,10,12). The number of aryl methyl sites for hydroxylation is 2. The lowest BCUT2D eigenvalue weighted by atomic mass is 10.3. The zero-order chi connectivity index (χ0) is 10.8. The molecule has 0 atom stereocenters. The minimum atomic E-state index is 0.724. The maximum atomic E-state index is 4.26. The fraction of sp³-hybridized carbons (Fsp3) is 0.375. The number of hydrogen-bond donors (Lipinski definition) is 1. The Morgan fingerprint density at radius 3 is 2.87 bits per heavy atom. The summed E-state index contributed by atoms with van der Waals surface area (Å²) in [6, 6.07) is 0. The van der Waals surface area contributed by atoms with E-state index in [0.29, 0.717) is 0 Å². The molecule has 0 unspecified atom stereocenters. The van der Waals surface area contributed by atoms with Crippen LogP contribution < -0.4 is 5.32 Å². The molecule has 2 heterocycles. The van der Waals surface area contributed by atoms with E-state index in [2.05, 4.69) is 36.5 Å². The Hall–Kier alpha value is -0.950. The summed E-state index contributed by atoms with van der Waals surface area (Å²) in [7, 11) is 1.91. The molecule has 2 aromatic rings. The Bertz CT molecular complexity index is 463. The van der Waals surface area contributed by atoms with Crippen molar-refractivity contribution in [3.8, 4) is 0 Å².